The number of esters is 4. The number of carbonyl (C=O) groups excluding carboxylic acids is 4. The summed E-state index contributed by atoms with van der Waals surface area (Å²) in [4.78, 5) is 48.2. The van der Waals surface area contributed by atoms with Gasteiger partial charge in [-0.3, -0.25) is 9.59 Å². The minimum atomic E-state index is -0.920. The third kappa shape index (κ3) is 13.3. The molecule has 0 saturated heterocycles. The molecule has 0 aromatic rings. The highest BCUT2D eigenvalue weighted by Crippen LogP contribution is 2.19. The minimum Gasteiger partial charge on any atom is -0.390 e. The molecule has 0 heterocycles. The van der Waals surface area contributed by atoms with Gasteiger partial charge in [0.05, 0.1) is 11.8 Å². The van der Waals surface area contributed by atoms with Gasteiger partial charge in [-0.25, -0.2) is 9.59 Å². The first kappa shape index (κ1) is 28.0. The van der Waals surface area contributed by atoms with Crippen molar-refractivity contribution in [1.29, 1.82) is 0 Å². The first-order valence-corrected chi connectivity index (χ1v) is 11.6. The van der Waals surface area contributed by atoms with E-state index in [4.69, 9.17) is 9.47 Å². The highest BCUT2D eigenvalue weighted by molar-refractivity contribution is 5.99. The number of rotatable bonds is 16. The summed E-state index contributed by atoms with van der Waals surface area (Å²) in [6, 6.07) is 0. The lowest BCUT2D eigenvalue weighted by Gasteiger charge is -2.14. The van der Waals surface area contributed by atoms with Crippen LogP contribution in [0.15, 0.2) is 12.2 Å². The number of ether oxygens (including phenoxy) is 2. The molecule has 0 amide bonds. The van der Waals surface area contributed by atoms with Gasteiger partial charge in [0.2, 0.25) is 0 Å². The van der Waals surface area contributed by atoms with Gasteiger partial charge in [-0.2, -0.15) is 0 Å². The predicted molar refractivity (Wildman–Crippen MR) is 116 cm³/mol. The average molecular weight is 425 g/mol. The SMILES string of the molecule is CCCCC(CCCC)C(=O)OC(=O)/C=C/C(=O)OC(=O)C(CCCC)CCCC. The van der Waals surface area contributed by atoms with E-state index < -0.39 is 23.9 Å². The van der Waals surface area contributed by atoms with E-state index in [0.717, 1.165) is 63.5 Å². The molecule has 30 heavy (non-hydrogen) atoms. The quantitative estimate of drug-likeness (QED) is 0.180. The molecule has 172 valence electrons. The molecule has 0 rings (SSSR count). The van der Waals surface area contributed by atoms with E-state index in [0.29, 0.717) is 25.7 Å². The Kier molecular flexibility index (Phi) is 16.7. The van der Waals surface area contributed by atoms with Crippen molar-refractivity contribution in [3.8, 4) is 0 Å². The van der Waals surface area contributed by atoms with E-state index in [-0.39, 0.29) is 11.8 Å². The van der Waals surface area contributed by atoms with Crippen molar-refractivity contribution in [2.45, 2.75) is 105 Å². The zero-order chi connectivity index (χ0) is 22.8. The second-order valence-electron chi connectivity index (χ2n) is 7.78. The molecule has 0 radical (unpaired) electrons. The Morgan fingerprint density at radius 1 is 0.567 bits per heavy atom. The van der Waals surface area contributed by atoms with Gasteiger partial charge in [-0.1, -0.05) is 79.1 Å². The van der Waals surface area contributed by atoms with Gasteiger partial charge in [0, 0.05) is 12.2 Å². The number of unbranched alkanes of at least 4 members (excludes halogenated alkanes) is 4. The van der Waals surface area contributed by atoms with Crippen LogP contribution in [-0.4, -0.2) is 23.9 Å². The Morgan fingerprint density at radius 3 is 1.07 bits per heavy atom. The van der Waals surface area contributed by atoms with E-state index in [1.165, 1.54) is 0 Å². The molecule has 6 heteroatoms. The second kappa shape index (κ2) is 17.8. The standard InChI is InChI=1S/C24H40O6/c1-5-9-13-19(14-10-6-2)23(27)29-21(25)17-18-22(26)30-24(28)20(15-11-7-3)16-12-8-4/h17-20H,5-16H2,1-4H3/b18-17+. The Hall–Kier alpha value is -1.98. The van der Waals surface area contributed by atoms with Gasteiger partial charge in [0.25, 0.3) is 0 Å². The van der Waals surface area contributed by atoms with Gasteiger partial charge in [0.15, 0.2) is 0 Å². The van der Waals surface area contributed by atoms with Crippen LogP contribution >= 0.6 is 0 Å². The monoisotopic (exact) mass is 424 g/mol. The van der Waals surface area contributed by atoms with Gasteiger partial charge < -0.3 is 9.47 Å². The van der Waals surface area contributed by atoms with Crippen molar-refractivity contribution in [2.24, 2.45) is 11.8 Å². The summed E-state index contributed by atoms with van der Waals surface area (Å²) >= 11 is 0. The summed E-state index contributed by atoms with van der Waals surface area (Å²) in [6.45, 7) is 8.16. The molecule has 0 aliphatic carbocycles. The number of hydrogen-bond donors (Lipinski definition) is 0. The van der Waals surface area contributed by atoms with Crippen LogP contribution in [0.4, 0.5) is 0 Å². The number of hydrogen-bond acceptors (Lipinski definition) is 6. The molecular formula is C24H40O6. The summed E-state index contributed by atoms with van der Waals surface area (Å²) in [5.41, 5.74) is 0. The van der Waals surface area contributed by atoms with Gasteiger partial charge in [-0.15, -0.1) is 0 Å². The molecule has 0 aliphatic rings. The maximum Gasteiger partial charge on any atom is 0.338 e. The van der Waals surface area contributed by atoms with Crippen LogP contribution in [0.25, 0.3) is 0 Å². The molecule has 0 spiro atoms. The zero-order valence-corrected chi connectivity index (χ0v) is 19.2. The van der Waals surface area contributed by atoms with E-state index in [2.05, 4.69) is 0 Å². The first-order chi connectivity index (χ1) is 14.4. The molecular weight excluding hydrogens is 384 g/mol. The first-order valence-electron chi connectivity index (χ1n) is 11.6. The molecule has 0 saturated carbocycles. The summed E-state index contributed by atoms with van der Waals surface area (Å²) in [7, 11) is 0. The minimum absolute atomic E-state index is 0.311. The van der Waals surface area contributed by atoms with Crippen LogP contribution in [0.3, 0.4) is 0 Å². The van der Waals surface area contributed by atoms with Gasteiger partial charge in [0.1, 0.15) is 0 Å². The molecule has 0 aliphatic heterocycles. The van der Waals surface area contributed by atoms with Crippen LogP contribution in [0.5, 0.6) is 0 Å². The zero-order valence-electron chi connectivity index (χ0n) is 19.2. The third-order valence-corrected chi connectivity index (χ3v) is 5.05. The van der Waals surface area contributed by atoms with Crippen molar-refractivity contribution >= 4 is 23.9 Å². The largest absolute Gasteiger partial charge is 0.390 e. The summed E-state index contributed by atoms with van der Waals surface area (Å²) < 4.78 is 9.72. The molecule has 0 unspecified atom stereocenters. The summed E-state index contributed by atoms with van der Waals surface area (Å²) in [5, 5.41) is 0. The second-order valence-corrected chi connectivity index (χ2v) is 7.78. The van der Waals surface area contributed by atoms with E-state index in [9.17, 15) is 19.2 Å². The Morgan fingerprint density at radius 2 is 0.833 bits per heavy atom. The maximum atomic E-state index is 12.2. The fraction of sp³-hybridized carbons (Fsp3) is 0.750. The Balaban J connectivity index is 4.66. The lowest BCUT2D eigenvalue weighted by molar-refractivity contribution is -0.162. The molecule has 0 atom stereocenters. The fourth-order valence-corrected chi connectivity index (χ4v) is 3.13. The molecule has 0 bridgehead atoms. The van der Waals surface area contributed by atoms with Crippen LogP contribution in [0.1, 0.15) is 105 Å². The van der Waals surface area contributed by atoms with E-state index in [1.807, 2.05) is 27.7 Å². The van der Waals surface area contributed by atoms with Crippen molar-refractivity contribution in [3.63, 3.8) is 0 Å². The van der Waals surface area contributed by atoms with Crippen LogP contribution in [0, 0.1) is 11.8 Å². The Bertz CT molecular complexity index is 488. The normalized spacial score (nSPS) is 11.3. The van der Waals surface area contributed by atoms with Crippen molar-refractivity contribution in [1.82, 2.24) is 0 Å². The van der Waals surface area contributed by atoms with Crippen molar-refractivity contribution in [3.05, 3.63) is 12.2 Å². The Labute approximate surface area is 181 Å². The summed E-state index contributed by atoms with van der Waals surface area (Å²) in [6.07, 6.45) is 11.8. The number of carbonyl (C=O) groups is 4. The van der Waals surface area contributed by atoms with Gasteiger partial charge in [-0.05, 0) is 25.7 Å². The molecule has 6 nitrogen and oxygen atoms in total. The average Bonchev–Trinajstić information content (AvgIpc) is 2.72. The lowest BCUT2D eigenvalue weighted by atomic mass is 9.96. The van der Waals surface area contributed by atoms with Crippen LogP contribution in [0.2, 0.25) is 0 Å². The molecule has 0 fully saturated rings. The van der Waals surface area contributed by atoms with E-state index in [1.54, 1.807) is 0 Å². The molecule has 0 aromatic heterocycles. The maximum absolute atomic E-state index is 12.2. The fourth-order valence-electron chi connectivity index (χ4n) is 3.13. The van der Waals surface area contributed by atoms with Crippen molar-refractivity contribution < 1.29 is 28.7 Å². The third-order valence-electron chi connectivity index (χ3n) is 5.05. The predicted octanol–water partition coefficient (Wildman–Crippen LogP) is 5.68. The van der Waals surface area contributed by atoms with Gasteiger partial charge >= 0.3 is 23.9 Å². The van der Waals surface area contributed by atoms with Crippen molar-refractivity contribution in [2.75, 3.05) is 0 Å². The van der Waals surface area contributed by atoms with Crippen LogP contribution < -0.4 is 0 Å². The topological polar surface area (TPSA) is 86.7 Å². The molecule has 0 aromatic carbocycles. The highest BCUT2D eigenvalue weighted by Gasteiger charge is 2.23. The molecule has 0 N–H and O–H groups in total. The summed E-state index contributed by atoms with van der Waals surface area (Å²) in [5.74, 6) is -3.58. The highest BCUT2D eigenvalue weighted by atomic mass is 16.6. The van der Waals surface area contributed by atoms with Crippen LogP contribution in [-0.2, 0) is 28.7 Å². The lowest BCUT2D eigenvalue weighted by Crippen LogP contribution is -2.22. The smallest absolute Gasteiger partial charge is 0.338 e. The van der Waals surface area contributed by atoms with E-state index >= 15 is 0 Å².